The van der Waals surface area contributed by atoms with Gasteiger partial charge in [-0.05, 0) is 18.6 Å². The molecule has 2 fully saturated rings. The van der Waals surface area contributed by atoms with E-state index < -0.39 is 0 Å². The van der Waals surface area contributed by atoms with Crippen LogP contribution in [0, 0.1) is 19.3 Å². The first-order valence-corrected chi connectivity index (χ1v) is 11.0. The van der Waals surface area contributed by atoms with Crippen molar-refractivity contribution in [2.75, 3.05) is 59.0 Å². The largest absolute Gasteiger partial charge is 0.378 e. The standard InChI is InChI=1S/C24H32N4O2/c1-3-4-9-25-10-12-26(13-11-25)18-22-20(2)28(23-8-6-5-7-21(22)23)19-24(29)27-14-16-30-17-15-27/h1,5-8H,4,9-19H2,2H3. The number of rotatable bonds is 6. The highest BCUT2D eigenvalue weighted by molar-refractivity contribution is 5.87. The molecule has 0 bridgehead atoms. The molecule has 3 heterocycles. The molecule has 0 aliphatic carbocycles. The number of morpholine rings is 1. The molecule has 1 amide bonds. The lowest BCUT2D eigenvalue weighted by Crippen LogP contribution is -2.46. The number of fused-ring (bicyclic) bond motifs is 1. The number of benzene rings is 1. The first kappa shape index (κ1) is 20.9. The molecular weight excluding hydrogens is 376 g/mol. The van der Waals surface area contributed by atoms with Crippen molar-refractivity contribution in [3.63, 3.8) is 0 Å². The molecule has 0 saturated carbocycles. The summed E-state index contributed by atoms with van der Waals surface area (Å²) in [7, 11) is 0. The maximum atomic E-state index is 12.9. The third-order valence-corrected chi connectivity index (χ3v) is 6.44. The lowest BCUT2D eigenvalue weighted by molar-refractivity contribution is -0.135. The molecule has 0 radical (unpaired) electrons. The Morgan fingerprint density at radius 3 is 2.50 bits per heavy atom. The lowest BCUT2D eigenvalue weighted by atomic mass is 10.1. The molecule has 1 aromatic carbocycles. The molecule has 160 valence electrons. The van der Waals surface area contributed by atoms with E-state index in [4.69, 9.17) is 11.2 Å². The van der Waals surface area contributed by atoms with E-state index in [9.17, 15) is 4.79 Å². The minimum atomic E-state index is 0.177. The van der Waals surface area contributed by atoms with Crippen molar-refractivity contribution in [1.29, 1.82) is 0 Å². The van der Waals surface area contributed by atoms with Gasteiger partial charge in [-0.1, -0.05) is 18.2 Å². The average Bonchev–Trinajstić information content (AvgIpc) is 3.05. The zero-order valence-corrected chi connectivity index (χ0v) is 18.0. The van der Waals surface area contributed by atoms with Crippen molar-refractivity contribution < 1.29 is 9.53 Å². The van der Waals surface area contributed by atoms with Gasteiger partial charge in [-0.15, -0.1) is 12.3 Å². The van der Waals surface area contributed by atoms with Crippen molar-refractivity contribution in [2.45, 2.75) is 26.4 Å². The Bertz CT molecular complexity index is 915. The maximum absolute atomic E-state index is 12.9. The third-order valence-electron chi connectivity index (χ3n) is 6.44. The fraction of sp³-hybridized carbons (Fsp3) is 0.542. The number of ether oxygens (including phenoxy) is 1. The highest BCUT2D eigenvalue weighted by Gasteiger charge is 2.23. The highest BCUT2D eigenvalue weighted by Crippen LogP contribution is 2.27. The predicted molar refractivity (Wildman–Crippen MR) is 119 cm³/mol. The van der Waals surface area contributed by atoms with Crippen molar-refractivity contribution in [3.05, 3.63) is 35.5 Å². The molecule has 2 aromatic rings. The van der Waals surface area contributed by atoms with Gasteiger partial charge in [-0.25, -0.2) is 0 Å². The molecule has 30 heavy (non-hydrogen) atoms. The van der Waals surface area contributed by atoms with E-state index in [0.29, 0.717) is 32.8 Å². The zero-order valence-electron chi connectivity index (χ0n) is 18.0. The van der Waals surface area contributed by atoms with Crippen LogP contribution >= 0.6 is 0 Å². The number of hydrogen-bond donors (Lipinski definition) is 0. The van der Waals surface area contributed by atoms with Gasteiger partial charge in [0.2, 0.25) is 5.91 Å². The molecule has 2 aliphatic rings. The molecule has 6 nitrogen and oxygen atoms in total. The monoisotopic (exact) mass is 408 g/mol. The summed E-state index contributed by atoms with van der Waals surface area (Å²) in [5.41, 5.74) is 3.70. The van der Waals surface area contributed by atoms with E-state index in [1.807, 2.05) is 4.90 Å². The maximum Gasteiger partial charge on any atom is 0.242 e. The molecule has 0 atom stereocenters. The number of amides is 1. The molecule has 6 heteroatoms. The van der Waals surface area contributed by atoms with Gasteiger partial charge in [-0.2, -0.15) is 0 Å². The summed E-state index contributed by atoms with van der Waals surface area (Å²) in [6, 6.07) is 8.48. The summed E-state index contributed by atoms with van der Waals surface area (Å²) in [4.78, 5) is 19.8. The van der Waals surface area contributed by atoms with E-state index in [1.165, 1.54) is 16.6 Å². The van der Waals surface area contributed by atoms with E-state index in [2.05, 4.69) is 51.5 Å². The van der Waals surface area contributed by atoms with Crippen LogP contribution in [0.4, 0.5) is 0 Å². The third kappa shape index (κ3) is 4.54. The summed E-state index contributed by atoms with van der Waals surface area (Å²) in [6.45, 7) is 11.3. The summed E-state index contributed by atoms with van der Waals surface area (Å²) in [5.74, 6) is 2.92. The number of para-hydroxylation sites is 1. The second kappa shape index (κ2) is 9.65. The Kier molecular flexibility index (Phi) is 6.73. The van der Waals surface area contributed by atoms with Crippen LogP contribution in [0.15, 0.2) is 24.3 Å². The van der Waals surface area contributed by atoms with Crippen LogP contribution in [0.25, 0.3) is 10.9 Å². The molecule has 2 saturated heterocycles. The van der Waals surface area contributed by atoms with Gasteiger partial charge in [0.1, 0.15) is 6.54 Å². The minimum Gasteiger partial charge on any atom is -0.378 e. The van der Waals surface area contributed by atoms with Crippen LogP contribution < -0.4 is 0 Å². The van der Waals surface area contributed by atoms with Crippen LogP contribution in [0.1, 0.15) is 17.7 Å². The van der Waals surface area contributed by atoms with Gasteiger partial charge in [-0.3, -0.25) is 14.6 Å². The number of aromatic nitrogens is 1. The van der Waals surface area contributed by atoms with E-state index in [-0.39, 0.29) is 5.91 Å². The van der Waals surface area contributed by atoms with Gasteiger partial charge >= 0.3 is 0 Å². The fourth-order valence-corrected chi connectivity index (χ4v) is 4.57. The molecule has 0 unspecified atom stereocenters. The van der Waals surface area contributed by atoms with Gasteiger partial charge < -0.3 is 14.2 Å². The highest BCUT2D eigenvalue weighted by atomic mass is 16.5. The zero-order chi connectivity index (χ0) is 20.9. The molecule has 1 aromatic heterocycles. The molecule has 4 rings (SSSR count). The Balaban J connectivity index is 1.49. The molecule has 0 spiro atoms. The Labute approximate surface area is 179 Å². The van der Waals surface area contributed by atoms with Crippen LogP contribution in [0.3, 0.4) is 0 Å². The van der Waals surface area contributed by atoms with Crippen molar-refractivity contribution in [2.24, 2.45) is 0 Å². The van der Waals surface area contributed by atoms with E-state index >= 15 is 0 Å². The smallest absolute Gasteiger partial charge is 0.242 e. The predicted octanol–water partition coefficient (Wildman–Crippen LogP) is 1.95. The van der Waals surface area contributed by atoms with Gasteiger partial charge in [0.15, 0.2) is 0 Å². The van der Waals surface area contributed by atoms with Gasteiger partial charge in [0.25, 0.3) is 0 Å². The van der Waals surface area contributed by atoms with E-state index in [1.54, 1.807) is 0 Å². The number of carbonyl (C=O) groups excluding carboxylic acids is 1. The van der Waals surface area contributed by atoms with Crippen LogP contribution in [0.5, 0.6) is 0 Å². The van der Waals surface area contributed by atoms with Crippen molar-refractivity contribution >= 4 is 16.8 Å². The quantitative estimate of drug-likeness (QED) is 0.685. The van der Waals surface area contributed by atoms with Crippen LogP contribution in [-0.2, 0) is 22.6 Å². The SMILES string of the molecule is C#CCCN1CCN(Cc2c(C)n(CC(=O)N3CCOCC3)c3ccccc23)CC1. The van der Waals surface area contributed by atoms with Crippen molar-refractivity contribution in [1.82, 2.24) is 19.3 Å². The number of terminal acetylenes is 1. The molecule has 2 aliphatic heterocycles. The Morgan fingerprint density at radius 1 is 1.07 bits per heavy atom. The minimum absolute atomic E-state index is 0.177. The second-order valence-corrected chi connectivity index (χ2v) is 8.23. The normalized spacial score (nSPS) is 18.6. The van der Waals surface area contributed by atoms with E-state index in [0.717, 1.165) is 51.2 Å². The van der Waals surface area contributed by atoms with Gasteiger partial charge in [0, 0.05) is 75.4 Å². The Hall–Kier alpha value is -2.33. The number of nitrogens with zero attached hydrogens (tertiary/aromatic N) is 4. The second-order valence-electron chi connectivity index (χ2n) is 8.23. The summed E-state index contributed by atoms with van der Waals surface area (Å²) in [5, 5.41) is 1.26. The Morgan fingerprint density at radius 2 is 1.77 bits per heavy atom. The molecule has 0 N–H and O–H groups in total. The number of piperazine rings is 1. The topological polar surface area (TPSA) is 41.0 Å². The van der Waals surface area contributed by atoms with Crippen molar-refractivity contribution in [3.8, 4) is 12.3 Å². The molecular formula is C24H32N4O2. The van der Waals surface area contributed by atoms with Crippen LogP contribution in [-0.4, -0.2) is 84.2 Å². The number of hydrogen-bond acceptors (Lipinski definition) is 4. The summed E-state index contributed by atoms with van der Waals surface area (Å²) >= 11 is 0. The first-order valence-electron chi connectivity index (χ1n) is 11.0. The fourth-order valence-electron chi connectivity index (χ4n) is 4.57. The lowest BCUT2D eigenvalue weighted by Gasteiger charge is -2.34. The van der Waals surface area contributed by atoms with Crippen LogP contribution in [0.2, 0.25) is 0 Å². The average molecular weight is 409 g/mol. The summed E-state index contributed by atoms with van der Waals surface area (Å²) < 4.78 is 7.59. The number of carbonyl (C=O) groups is 1. The summed E-state index contributed by atoms with van der Waals surface area (Å²) in [6.07, 6.45) is 6.23. The van der Waals surface area contributed by atoms with Gasteiger partial charge in [0.05, 0.1) is 13.2 Å². The first-order chi connectivity index (χ1) is 14.7.